The summed E-state index contributed by atoms with van der Waals surface area (Å²) in [6.07, 6.45) is 0. The molecule has 0 saturated heterocycles. The normalized spacial score (nSPS) is 11.7. The van der Waals surface area contributed by atoms with Crippen LogP contribution in [0.4, 0.5) is 11.4 Å². The molecule has 0 aromatic heterocycles. The number of sulfonamides is 2. The number of hydrogen-bond acceptors (Lipinski definition) is 6. The van der Waals surface area contributed by atoms with E-state index in [0.717, 1.165) is 11.1 Å². The third kappa shape index (κ3) is 5.52. The van der Waals surface area contributed by atoms with Crippen LogP contribution in [-0.2, 0) is 20.0 Å². The van der Waals surface area contributed by atoms with Gasteiger partial charge in [-0.2, -0.15) is 0 Å². The average Bonchev–Trinajstić information content (AvgIpc) is 2.76. The van der Waals surface area contributed by atoms with Crippen molar-refractivity contribution in [1.82, 2.24) is 0 Å². The number of halogens is 2. The highest BCUT2D eigenvalue weighted by Gasteiger charge is 2.25. The van der Waals surface area contributed by atoms with E-state index >= 15 is 0 Å². The van der Waals surface area contributed by atoms with E-state index < -0.39 is 20.0 Å². The lowest BCUT2D eigenvalue weighted by Crippen LogP contribution is -2.19. The van der Waals surface area contributed by atoms with Gasteiger partial charge in [-0.05, 0) is 73.5 Å². The van der Waals surface area contributed by atoms with Crippen LogP contribution in [0, 0.1) is 13.8 Å². The monoisotopic (exact) mass is 544 g/mol. The number of methoxy groups -OCH3 is 2. The predicted molar refractivity (Wildman–Crippen MR) is 134 cm³/mol. The molecule has 0 bridgehead atoms. The average molecular weight is 545 g/mol. The van der Waals surface area contributed by atoms with Gasteiger partial charge >= 0.3 is 0 Å². The van der Waals surface area contributed by atoms with Gasteiger partial charge in [0.1, 0.15) is 21.3 Å². The topological polar surface area (TPSA) is 111 Å². The molecule has 2 N–H and O–H groups in total. The van der Waals surface area contributed by atoms with Gasteiger partial charge in [0.15, 0.2) is 0 Å². The highest BCUT2D eigenvalue weighted by molar-refractivity contribution is 7.93. The summed E-state index contributed by atoms with van der Waals surface area (Å²) in [4.78, 5) is -0.405. The highest BCUT2D eigenvalue weighted by atomic mass is 35.5. The van der Waals surface area contributed by atoms with Crippen molar-refractivity contribution in [2.45, 2.75) is 23.6 Å². The second-order valence-corrected chi connectivity index (χ2v) is 11.5. The maximum Gasteiger partial charge on any atom is 0.265 e. The van der Waals surface area contributed by atoms with Gasteiger partial charge in [0.2, 0.25) is 0 Å². The number of nitrogens with one attached hydrogen (secondary N) is 2. The first kappa shape index (κ1) is 26.0. The van der Waals surface area contributed by atoms with Crippen LogP contribution in [-0.4, -0.2) is 31.1 Å². The Bertz CT molecular complexity index is 1350. The van der Waals surface area contributed by atoms with Crippen LogP contribution in [0.2, 0.25) is 10.0 Å². The van der Waals surface area contributed by atoms with Crippen molar-refractivity contribution >= 4 is 54.6 Å². The molecule has 0 fully saturated rings. The Morgan fingerprint density at radius 3 is 1.32 bits per heavy atom. The van der Waals surface area contributed by atoms with Crippen molar-refractivity contribution in [2.24, 2.45) is 0 Å². The van der Waals surface area contributed by atoms with E-state index in [9.17, 15) is 16.8 Å². The van der Waals surface area contributed by atoms with Gasteiger partial charge in [-0.3, -0.25) is 9.44 Å². The molecule has 34 heavy (non-hydrogen) atoms. The van der Waals surface area contributed by atoms with Crippen molar-refractivity contribution in [1.29, 1.82) is 0 Å². The number of benzene rings is 3. The standard InChI is InChI=1S/C22H22Cl2N2O6S2/c1-13-9-17(25-33(27,28)21-11-15(23)5-7-19(21)31-3)18(10-14(13)2)26-34(29,30)22-12-16(24)6-8-20(22)32-4/h5-12,25-26H,1-4H3. The van der Waals surface area contributed by atoms with Crippen LogP contribution in [0.3, 0.4) is 0 Å². The molecule has 3 aromatic carbocycles. The van der Waals surface area contributed by atoms with E-state index in [4.69, 9.17) is 32.7 Å². The van der Waals surface area contributed by atoms with Crippen molar-refractivity contribution in [3.63, 3.8) is 0 Å². The van der Waals surface area contributed by atoms with Crippen molar-refractivity contribution in [3.05, 3.63) is 69.7 Å². The fraction of sp³-hybridized carbons (Fsp3) is 0.182. The first-order valence-electron chi connectivity index (χ1n) is 9.72. The molecule has 3 aromatic rings. The Kier molecular flexibility index (Phi) is 7.56. The summed E-state index contributed by atoms with van der Waals surface area (Å²) in [5, 5.41) is 0.380. The largest absolute Gasteiger partial charge is 0.495 e. The van der Waals surface area contributed by atoms with Crippen molar-refractivity contribution in [3.8, 4) is 11.5 Å². The molecule has 0 unspecified atom stereocenters. The van der Waals surface area contributed by atoms with E-state index in [1.807, 2.05) is 0 Å². The van der Waals surface area contributed by atoms with Crippen molar-refractivity contribution < 1.29 is 26.3 Å². The Labute approximate surface area is 208 Å². The smallest absolute Gasteiger partial charge is 0.265 e. The second kappa shape index (κ2) is 9.91. The Morgan fingerprint density at radius 1 is 0.647 bits per heavy atom. The molecule has 0 saturated carbocycles. The lowest BCUT2D eigenvalue weighted by atomic mass is 10.1. The first-order valence-corrected chi connectivity index (χ1v) is 13.4. The van der Waals surface area contributed by atoms with Gasteiger partial charge < -0.3 is 9.47 Å². The molecule has 8 nitrogen and oxygen atoms in total. The minimum absolute atomic E-state index is 0.00898. The molecule has 0 spiro atoms. The molecule has 0 aliphatic rings. The predicted octanol–water partition coefficient (Wildman–Crippen LogP) is 5.23. The molecule has 0 amide bonds. The Hall–Kier alpha value is -2.66. The molecule has 0 heterocycles. The highest BCUT2D eigenvalue weighted by Crippen LogP contribution is 2.35. The lowest BCUT2D eigenvalue weighted by Gasteiger charge is -2.18. The molecular formula is C22H22Cl2N2O6S2. The summed E-state index contributed by atoms with van der Waals surface area (Å²) in [5.41, 5.74) is 1.49. The Balaban J connectivity index is 2.10. The molecule has 0 aliphatic carbocycles. The zero-order chi connectivity index (χ0) is 25.3. The number of anilines is 2. The summed E-state index contributed by atoms with van der Waals surface area (Å²) in [6, 6.07) is 11.4. The first-order chi connectivity index (χ1) is 15.9. The number of hydrogen-bond donors (Lipinski definition) is 2. The van der Waals surface area contributed by atoms with Crippen LogP contribution >= 0.6 is 23.2 Å². The zero-order valence-corrected chi connectivity index (χ0v) is 21.8. The third-order valence-corrected chi connectivity index (χ3v) is 8.20. The summed E-state index contributed by atoms with van der Waals surface area (Å²) < 4.78 is 68.0. The summed E-state index contributed by atoms with van der Waals surface area (Å²) >= 11 is 12.0. The van der Waals surface area contributed by atoms with Crippen LogP contribution in [0.25, 0.3) is 0 Å². The van der Waals surface area contributed by atoms with E-state index in [1.165, 1.54) is 62.8 Å². The number of rotatable bonds is 8. The van der Waals surface area contributed by atoms with E-state index in [-0.39, 0.29) is 42.7 Å². The molecule has 0 aliphatic heterocycles. The SMILES string of the molecule is COc1ccc(Cl)cc1S(=O)(=O)Nc1cc(C)c(C)cc1NS(=O)(=O)c1cc(Cl)ccc1OC. The van der Waals surface area contributed by atoms with Gasteiger partial charge in [-0.15, -0.1) is 0 Å². The molecule has 0 radical (unpaired) electrons. The van der Waals surface area contributed by atoms with Crippen LogP contribution in [0.1, 0.15) is 11.1 Å². The van der Waals surface area contributed by atoms with Gasteiger partial charge in [0, 0.05) is 10.0 Å². The van der Waals surface area contributed by atoms with E-state index in [0.29, 0.717) is 0 Å². The molecule has 12 heteroatoms. The molecule has 182 valence electrons. The van der Waals surface area contributed by atoms with Gasteiger partial charge in [0.25, 0.3) is 20.0 Å². The van der Waals surface area contributed by atoms with Crippen LogP contribution in [0.5, 0.6) is 11.5 Å². The summed E-state index contributed by atoms with van der Waals surface area (Å²) in [6.45, 7) is 3.54. The van der Waals surface area contributed by atoms with Crippen LogP contribution < -0.4 is 18.9 Å². The summed E-state index contributed by atoms with van der Waals surface area (Å²) in [5.74, 6) is 0.151. The fourth-order valence-corrected chi connectivity index (χ4v) is 6.11. The van der Waals surface area contributed by atoms with Crippen LogP contribution in [0.15, 0.2) is 58.3 Å². The van der Waals surface area contributed by atoms with E-state index in [2.05, 4.69) is 9.44 Å². The Morgan fingerprint density at radius 2 is 1.00 bits per heavy atom. The van der Waals surface area contributed by atoms with Gasteiger partial charge in [-0.25, -0.2) is 16.8 Å². The number of ether oxygens (including phenoxy) is 2. The lowest BCUT2D eigenvalue weighted by molar-refractivity contribution is 0.402. The second-order valence-electron chi connectivity index (χ2n) is 7.28. The third-order valence-electron chi connectivity index (χ3n) is 4.95. The maximum absolute atomic E-state index is 13.2. The molecular weight excluding hydrogens is 523 g/mol. The molecule has 0 atom stereocenters. The van der Waals surface area contributed by atoms with Gasteiger partial charge in [-0.1, -0.05) is 23.2 Å². The minimum atomic E-state index is -4.21. The maximum atomic E-state index is 13.2. The van der Waals surface area contributed by atoms with Gasteiger partial charge in [0.05, 0.1) is 25.6 Å². The zero-order valence-electron chi connectivity index (χ0n) is 18.6. The summed E-state index contributed by atoms with van der Waals surface area (Å²) in [7, 11) is -5.76. The minimum Gasteiger partial charge on any atom is -0.495 e. The quantitative estimate of drug-likeness (QED) is 0.401. The fourth-order valence-electron chi connectivity index (χ4n) is 3.11. The number of aryl methyl sites for hydroxylation is 2. The molecule has 3 rings (SSSR count). The van der Waals surface area contributed by atoms with Crippen molar-refractivity contribution in [2.75, 3.05) is 23.7 Å². The van der Waals surface area contributed by atoms with E-state index in [1.54, 1.807) is 13.8 Å².